The van der Waals surface area contributed by atoms with E-state index in [9.17, 15) is 24.6 Å². The summed E-state index contributed by atoms with van der Waals surface area (Å²) in [6.45, 7) is -0.504. The van der Waals surface area contributed by atoms with Crippen LogP contribution < -0.4 is 5.32 Å². The fourth-order valence-electron chi connectivity index (χ4n) is 4.32. The van der Waals surface area contributed by atoms with E-state index in [1.54, 1.807) is 0 Å². The zero-order valence-corrected chi connectivity index (χ0v) is 19.7. The molecule has 0 spiro atoms. The highest BCUT2D eigenvalue weighted by molar-refractivity contribution is 7.51. The van der Waals surface area contributed by atoms with Crippen LogP contribution in [0.25, 0.3) is 11.0 Å². The van der Waals surface area contributed by atoms with Crippen molar-refractivity contribution in [3.8, 4) is 0 Å². The molecular weight excluding hydrogens is 509 g/mol. The third-order valence-electron chi connectivity index (χ3n) is 6.01. The average Bonchev–Trinajstić information content (AvgIpc) is 3.59. The van der Waals surface area contributed by atoms with Gasteiger partial charge >= 0.3 is 7.60 Å². The molecule has 3 aromatic rings. The molecule has 0 radical (unpaired) electrons. The van der Waals surface area contributed by atoms with Gasteiger partial charge in [-0.25, -0.2) is 4.68 Å². The van der Waals surface area contributed by atoms with E-state index in [4.69, 9.17) is 25.5 Å². The number of ether oxygens (including phenoxy) is 2. The molecule has 0 amide bonds. The van der Waals surface area contributed by atoms with Crippen LogP contribution in [0.3, 0.4) is 0 Å². The predicted molar refractivity (Wildman–Crippen MR) is 117 cm³/mol. The van der Waals surface area contributed by atoms with Gasteiger partial charge in [0.05, 0.1) is 18.2 Å². The van der Waals surface area contributed by atoms with Gasteiger partial charge in [0.1, 0.15) is 24.1 Å². The lowest BCUT2D eigenvalue weighted by Crippen LogP contribution is -2.34. The summed E-state index contributed by atoms with van der Waals surface area (Å²) in [6.07, 6.45) is 1.40. The first-order chi connectivity index (χ1) is 16.7. The third kappa shape index (κ3) is 4.90. The second-order valence-electron chi connectivity index (χ2n) is 8.39. The standard InChI is InChI=1S/C18H23ClN7O8P/c19-18-23-13(22-8-3-1-2-4-8)9-5-21-26(14(9)24-18)16-12(28)11(27)10(34-16)6-32-17(35(29,30)31)15-25-20-7-33-15/h5,7-8,10-12,16-17,27-28H,1-4,6H2,(H,22,23,24)(H2,29,30,31)/t10-,11-,12-,16-,17?/m1/s1. The molecule has 3 aromatic heterocycles. The molecule has 2 fully saturated rings. The minimum atomic E-state index is -4.85. The highest BCUT2D eigenvalue weighted by Gasteiger charge is 2.46. The fourth-order valence-corrected chi connectivity index (χ4v) is 5.16. The van der Waals surface area contributed by atoms with Gasteiger partial charge in [0, 0.05) is 6.04 Å². The lowest BCUT2D eigenvalue weighted by atomic mass is 10.1. The fraction of sp³-hybridized carbons (Fsp3) is 0.611. The summed E-state index contributed by atoms with van der Waals surface area (Å²) in [7, 11) is -4.85. The molecule has 5 atom stereocenters. The number of halogens is 1. The molecule has 15 nitrogen and oxygen atoms in total. The van der Waals surface area contributed by atoms with Crippen molar-refractivity contribution in [2.24, 2.45) is 0 Å². The van der Waals surface area contributed by atoms with E-state index in [-0.39, 0.29) is 17.0 Å². The predicted octanol–water partition coefficient (Wildman–Crippen LogP) is 0.729. The minimum Gasteiger partial charge on any atom is -0.424 e. The summed E-state index contributed by atoms with van der Waals surface area (Å²) >= 11 is 6.14. The van der Waals surface area contributed by atoms with Crippen LogP contribution in [-0.2, 0) is 14.0 Å². The second kappa shape index (κ2) is 9.67. The van der Waals surface area contributed by atoms with Crippen LogP contribution in [0, 0.1) is 0 Å². The summed E-state index contributed by atoms with van der Waals surface area (Å²) in [5, 5.41) is 36.2. The molecule has 0 bridgehead atoms. The lowest BCUT2D eigenvalue weighted by molar-refractivity contribution is -0.0790. The van der Waals surface area contributed by atoms with E-state index in [0.29, 0.717) is 11.2 Å². The highest BCUT2D eigenvalue weighted by atomic mass is 35.5. The van der Waals surface area contributed by atoms with Crippen LogP contribution in [0.1, 0.15) is 43.6 Å². The van der Waals surface area contributed by atoms with Crippen molar-refractivity contribution in [2.75, 3.05) is 11.9 Å². The van der Waals surface area contributed by atoms with Crippen molar-refractivity contribution in [3.63, 3.8) is 0 Å². The number of anilines is 1. The molecular formula is C18H23ClN7O8P. The lowest BCUT2D eigenvalue weighted by Gasteiger charge is -2.19. The Kier molecular flexibility index (Phi) is 6.76. The molecule has 35 heavy (non-hydrogen) atoms. The number of rotatable bonds is 8. The van der Waals surface area contributed by atoms with Crippen molar-refractivity contribution in [2.45, 2.75) is 62.1 Å². The average molecular weight is 532 g/mol. The van der Waals surface area contributed by atoms with Crippen LogP contribution in [0.2, 0.25) is 5.28 Å². The molecule has 17 heteroatoms. The zero-order valence-electron chi connectivity index (χ0n) is 18.1. The summed E-state index contributed by atoms with van der Waals surface area (Å²) in [6, 6.07) is 0.255. The van der Waals surface area contributed by atoms with Crippen molar-refractivity contribution in [1.29, 1.82) is 0 Å². The SMILES string of the molecule is O=P(O)(O)C(OC[C@H]1O[C@@H](n2ncc3c(NC4CCCC4)nc(Cl)nc32)[C@H](O)[C@@H]1O)c1nnco1. The van der Waals surface area contributed by atoms with Gasteiger partial charge in [0.15, 0.2) is 11.9 Å². The second-order valence-corrected chi connectivity index (χ2v) is 10.4. The van der Waals surface area contributed by atoms with Crippen LogP contribution in [0.5, 0.6) is 0 Å². The van der Waals surface area contributed by atoms with Crippen LogP contribution >= 0.6 is 19.2 Å². The first-order valence-corrected chi connectivity index (χ1v) is 12.9. The van der Waals surface area contributed by atoms with Crippen molar-refractivity contribution >= 4 is 36.0 Å². The Morgan fingerprint density at radius 3 is 2.71 bits per heavy atom. The number of hydrogen-bond acceptors (Lipinski definition) is 12. The Hall–Kier alpha value is -2.23. The Labute approximate surface area is 202 Å². The van der Waals surface area contributed by atoms with Gasteiger partial charge in [0.25, 0.3) is 5.89 Å². The Morgan fingerprint density at radius 2 is 2.03 bits per heavy atom. The van der Waals surface area contributed by atoms with E-state index >= 15 is 0 Å². The summed E-state index contributed by atoms with van der Waals surface area (Å²) in [5.41, 5.74) is 0.280. The summed E-state index contributed by atoms with van der Waals surface area (Å²) < 4.78 is 29.0. The van der Waals surface area contributed by atoms with Gasteiger partial charge < -0.3 is 39.2 Å². The molecule has 1 aliphatic heterocycles. The number of nitrogens with zero attached hydrogens (tertiary/aromatic N) is 6. The minimum absolute atomic E-state index is 0.0308. The van der Waals surface area contributed by atoms with E-state index in [2.05, 4.69) is 30.6 Å². The van der Waals surface area contributed by atoms with Crippen LogP contribution in [0.15, 0.2) is 17.0 Å². The molecule has 5 N–H and O–H groups in total. The van der Waals surface area contributed by atoms with Crippen LogP contribution in [0.4, 0.5) is 5.82 Å². The van der Waals surface area contributed by atoms with Crippen LogP contribution in [-0.4, -0.2) is 80.9 Å². The first kappa shape index (κ1) is 24.5. The van der Waals surface area contributed by atoms with Crippen molar-refractivity contribution < 1.29 is 38.5 Å². The number of aromatic nitrogens is 6. The molecule has 1 unspecified atom stereocenters. The molecule has 5 rings (SSSR count). The van der Waals surface area contributed by atoms with Gasteiger partial charge in [-0.3, -0.25) is 4.57 Å². The first-order valence-electron chi connectivity index (χ1n) is 10.8. The topological polar surface area (TPSA) is 211 Å². The van der Waals surface area contributed by atoms with E-state index < -0.39 is 50.5 Å². The van der Waals surface area contributed by atoms with Gasteiger partial charge in [-0.2, -0.15) is 15.1 Å². The zero-order chi connectivity index (χ0) is 24.7. The smallest absolute Gasteiger partial charge is 0.363 e. The maximum absolute atomic E-state index is 11.8. The van der Waals surface area contributed by atoms with Gasteiger partial charge in [-0.05, 0) is 24.4 Å². The molecule has 2 aliphatic rings. The summed E-state index contributed by atoms with van der Waals surface area (Å²) in [4.78, 5) is 27.6. The molecule has 1 aliphatic carbocycles. The normalized spacial score (nSPS) is 26.5. The maximum atomic E-state index is 11.8. The number of hydrogen-bond donors (Lipinski definition) is 5. The number of aliphatic hydroxyl groups excluding tert-OH is 2. The van der Waals surface area contributed by atoms with Crippen molar-refractivity contribution in [1.82, 2.24) is 29.9 Å². The monoisotopic (exact) mass is 531 g/mol. The molecule has 190 valence electrons. The van der Waals surface area contributed by atoms with Gasteiger partial charge in [-0.15, -0.1) is 10.2 Å². The Bertz CT molecular complexity index is 1220. The highest BCUT2D eigenvalue weighted by Crippen LogP contribution is 2.52. The Morgan fingerprint density at radius 1 is 1.26 bits per heavy atom. The number of aliphatic hydroxyl groups is 2. The maximum Gasteiger partial charge on any atom is 0.363 e. The molecule has 1 saturated heterocycles. The van der Waals surface area contributed by atoms with Gasteiger partial charge in [0.2, 0.25) is 17.5 Å². The number of fused-ring (bicyclic) bond motifs is 1. The molecule has 4 heterocycles. The Balaban J connectivity index is 1.36. The van der Waals surface area contributed by atoms with E-state index in [0.717, 1.165) is 32.1 Å². The van der Waals surface area contributed by atoms with E-state index in [1.807, 2.05) is 0 Å². The summed E-state index contributed by atoms with van der Waals surface area (Å²) in [5.74, 6) is -1.79. The third-order valence-corrected chi connectivity index (χ3v) is 7.16. The van der Waals surface area contributed by atoms with Crippen molar-refractivity contribution in [3.05, 3.63) is 23.8 Å². The quantitative estimate of drug-likeness (QED) is 0.200. The largest absolute Gasteiger partial charge is 0.424 e. The number of nitrogens with one attached hydrogen (secondary N) is 1. The molecule has 1 saturated carbocycles. The molecule has 0 aromatic carbocycles. The van der Waals surface area contributed by atoms with E-state index in [1.165, 1.54) is 10.9 Å². The van der Waals surface area contributed by atoms with Gasteiger partial charge in [-0.1, -0.05) is 12.8 Å².